The zero-order chi connectivity index (χ0) is 14.5. The lowest BCUT2D eigenvalue weighted by Crippen LogP contribution is -1.97. The molecule has 0 radical (unpaired) electrons. The van der Waals surface area contributed by atoms with Gasteiger partial charge in [0.05, 0.1) is 4.92 Å². The lowest BCUT2D eigenvalue weighted by Gasteiger charge is -2.06. The molecule has 1 aliphatic carbocycles. The Kier molecular flexibility index (Phi) is 4.66. The molecule has 1 aromatic carbocycles. The van der Waals surface area contributed by atoms with Crippen molar-refractivity contribution in [2.24, 2.45) is 0 Å². The molecule has 0 saturated heterocycles. The number of hydrogen-bond donors (Lipinski definition) is 0. The van der Waals surface area contributed by atoms with E-state index in [1.807, 2.05) is 0 Å². The van der Waals surface area contributed by atoms with Crippen molar-refractivity contribution in [2.45, 2.75) is 45.4 Å². The second kappa shape index (κ2) is 6.46. The molecule has 0 amide bonds. The molecule has 4 nitrogen and oxygen atoms in total. The van der Waals surface area contributed by atoms with Crippen LogP contribution in [0, 0.1) is 10.1 Å². The zero-order valence-corrected chi connectivity index (χ0v) is 11.7. The Morgan fingerprint density at radius 2 is 2.05 bits per heavy atom. The SMILES string of the molecule is CCCCCC1=C(c2cccc([N+](=O)[O-])c2)C(=O)CC1. The van der Waals surface area contributed by atoms with Gasteiger partial charge in [0.25, 0.3) is 5.69 Å². The minimum absolute atomic E-state index is 0.0441. The summed E-state index contributed by atoms with van der Waals surface area (Å²) in [6.07, 6.45) is 5.66. The van der Waals surface area contributed by atoms with Crippen molar-refractivity contribution >= 4 is 17.0 Å². The average Bonchev–Trinajstić information content (AvgIpc) is 2.80. The van der Waals surface area contributed by atoms with Crippen molar-refractivity contribution < 1.29 is 9.72 Å². The van der Waals surface area contributed by atoms with Crippen molar-refractivity contribution in [3.8, 4) is 0 Å². The fourth-order valence-electron chi connectivity index (χ4n) is 2.69. The van der Waals surface area contributed by atoms with Gasteiger partial charge >= 0.3 is 0 Å². The van der Waals surface area contributed by atoms with E-state index in [0.29, 0.717) is 12.0 Å². The molecule has 20 heavy (non-hydrogen) atoms. The molecule has 1 aliphatic rings. The third-order valence-corrected chi connectivity index (χ3v) is 3.71. The van der Waals surface area contributed by atoms with E-state index in [-0.39, 0.29) is 11.5 Å². The number of nitro benzene ring substituents is 1. The van der Waals surface area contributed by atoms with Crippen LogP contribution in [0.3, 0.4) is 0 Å². The average molecular weight is 273 g/mol. The molecule has 1 aromatic rings. The Bertz CT molecular complexity index is 561. The first-order chi connectivity index (χ1) is 9.63. The van der Waals surface area contributed by atoms with Gasteiger partial charge < -0.3 is 0 Å². The highest BCUT2D eigenvalue weighted by atomic mass is 16.6. The molecule has 0 bridgehead atoms. The quantitative estimate of drug-likeness (QED) is 0.441. The number of rotatable bonds is 6. The van der Waals surface area contributed by atoms with Crippen LogP contribution in [0.1, 0.15) is 51.0 Å². The van der Waals surface area contributed by atoms with Crippen LogP contribution in [0.5, 0.6) is 0 Å². The summed E-state index contributed by atoms with van der Waals surface area (Å²) in [5.41, 5.74) is 2.64. The number of benzene rings is 1. The number of Topliss-reactive ketones (excluding diaryl/α,β-unsaturated/α-hetero) is 1. The largest absolute Gasteiger partial charge is 0.294 e. The molecule has 0 fully saturated rings. The third kappa shape index (κ3) is 3.13. The van der Waals surface area contributed by atoms with Crippen molar-refractivity contribution in [2.75, 3.05) is 0 Å². The van der Waals surface area contributed by atoms with Gasteiger partial charge in [0.15, 0.2) is 5.78 Å². The molecule has 2 rings (SSSR count). The van der Waals surface area contributed by atoms with Crippen LogP contribution in [0.15, 0.2) is 29.8 Å². The Morgan fingerprint density at radius 1 is 1.25 bits per heavy atom. The predicted molar refractivity (Wildman–Crippen MR) is 78.4 cm³/mol. The molecule has 0 N–H and O–H groups in total. The monoisotopic (exact) mass is 273 g/mol. The summed E-state index contributed by atoms with van der Waals surface area (Å²) in [5.74, 6) is 0.122. The van der Waals surface area contributed by atoms with Gasteiger partial charge in [-0.05, 0) is 24.8 Å². The number of carbonyl (C=O) groups excluding carboxylic acids is 1. The minimum Gasteiger partial charge on any atom is -0.294 e. The summed E-state index contributed by atoms with van der Waals surface area (Å²) in [5, 5.41) is 10.8. The number of carbonyl (C=O) groups is 1. The molecular weight excluding hydrogens is 254 g/mol. The molecular formula is C16H19NO3. The predicted octanol–water partition coefficient (Wildman–Crippen LogP) is 4.29. The smallest absolute Gasteiger partial charge is 0.270 e. The molecule has 0 aliphatic heterocycles. The number of unbranched alkanes of at least 4 members (excludes halogenated alkanes) is 2. The van der Waals surface area contributed by atoms with Crippen LogP contribution >= 0.6 is 0 Å². The van der Waals surface area contributed by atoms with Gasteiger partial charge in [0.1, 0.15) is 0 Å². The van der Waals surface area contributed by atoms with Crippen LogP contribution in [0.25, 0.3) is 5.57 Å². The first-order valence-corrected chi connectivity index (χ1v) is 7.13. The second-order valence-electron chi connectivity index (χ2n) is 5.17. The summed E-state index contributed by atoms with van der Waals surface area (Å²) in [6, 6.07) is 6.42. The highest BCUT2D eigenvalue weighted by molar-refractivity contribution is 6.23. The first kappa shape index (κ1) is 14.4. The lowest BCUT2D eigenvalue weighted by atomic mass is 9.97. The summed E-state index contributed by atoms with van der Waals surface area (Å²) in [6.45, 7) is 2.15. The highest BCUT2D eigenvalue weighted by Crippen LogP contribution is 2.35. The van der Waals surface area contributed by atoms with Gasteiger partial charge in [0, 0.05) is 24.1 Å². The van der Waals surface area contributed by atoms with Crippen molar-refractivity contribution in [1.82, 2.24) is 0 Å². The molecule has 0 aromatic heterocycles. The normalized spacial score (nSPS) is 14.9. The maximum absolute atomic E-state index is 12.1. The van der Waals surface area contributed by atoms with Crippen LogP contribution in [0.4, 0.5) is 5.69 Å². The van der Waals surface area contributed by atoms with Crippen LogP contribution in [-0.2, 0) is 4.79 Å². The Balaban J connectivity index is 2.31. The van der Waals surface area contributed by atoms with E-state index in [1.54, 1.807) is 12.1 Å². The van der Waals surface area contributed by atoms with Crippen LogP contribution in [0.2, 0.25) is 0 Å². The van der Waals surface area contributed by atoms with Crippen LogP contribution < -0.4 is 0 Å². The van der Waals surface area contributed by atoms with Crippen LogP contribution in [-0.4, -0.2) is 10.7 Å². The molecule has 0 saturated carbocycles. The second-order valence-corrected chi connectivity index (χ2v) is 5.17. The molecule has 0 spiro atoms. The highest BCUT2D eigenvalue weighted by Gasteiger charge is 2.24. The summed E-state index contributed by atoms with van der Waals surface area (Å²) in [4.78, 5) is 22.5. The molecule has 4 heteroatoms. The van der Waals surface area contributed by atoms with Gasteiger partial charge in [-0.1, -0.05) is 37.5 Å². The van der Waals surface area contributed by atoms with Gasteiger partial charge in [0.2, 0.25) is 0 Å². The van der Waals surface area contributed by atoms with Gasteiger partial charge in [-0.2, -0.15) is 0 Å². The van der Waals surface area contributed by atoms with E-state index in [1.165, 1.54) is 17.7 Å². The number of ketones is 1. The van der Waals surface area contributed by atoms with Crippen molar-refractivity contribution in [3.63, 3.8) is 0 Å². The van der Waals surface area contributed by atoms with E-state index in [9.17, 15) is 14.9 Å². The van der Waals surface area contributed by atoms with E-state index in [4.69, 9.17) is 0 Å². The Labute approximate surface area is 118 Å². The number of hydrogen-bond acceptors (Lipinski definition) is 3. The Hall–Kier alpha value is -1.97. The molecule has 0 unspecified atom stereocenters. The number of nitro groups is 1. The van der Waals surface area contributed by atoms with Crippen molar-refractivity contribution in [3.05, 3.63) is 45.5 Å². The van der Waals surface area contributed by atoms with E-state index < -0.39 is 4.92 Å². The molecule has 106 valence electrons. The number of allylic oxidation sites excluding steroid dienone is 2. The number of nitrogens with zero attached hydrogens (tertiary/aromatic N) is 1. The minimum atomic E-state index is -0.416. The summed E-state index contributed by atoms with van der Waals surface area (Å²) < 4.78 is 0. The summed E-state index contributed by atoms with van der Waals surface area (Å²) in [7, 11) is 0. The lowest BCUT2D eigenvalue weighted by molar-refractivity contribution is -0.384. The molecule has 0 heterocycles. The topological polar surface area (TPSA) is 60.2 Å². The van der Waals surface area contributed by atoms with Crippen molar-refractivity contribution in [1.29, 1.82) is 0 Å². The van der Waals surface area contributed by atoms with Gasteiger partial charge in [-0.3, -0.25) is 14.9 Å². The maximum Gasteiger partial charge on any atom is 0.270 e. The first-order valence-electron chi connectivity index (χ1n) is 7.13. The van der Waals surface area contributed by atoms with E-state index in [0.717, 1.165) is 37.7 Å². The molecule has 0 atom stereocenters. The third-order valence-electron chi connectivity index (χ3n) is 3.71. The zero-order valence-electron chi connectivity index (χ0n) is 11.7. The summed E-state index contributed by atoms with van der Waals surface area (Å²) >= 11 is 0. The fourth-order valence-corrected chi connectivity index (χ4v) is 2.69. The van der Waals surface area contributed by atoms with E-state index in [2.05, 4.69) is 6.92 Å². The van der Waals surface area contributed by atoms with Gasteiger partial charge in [-0.25, -0.2) is 0 Å². The van der Waals surface area contributed by atoms with Gasteiger partial charge in [-0.15, -0.1) is 0 Å². The Morgan fingerprint density at radius 3 is 2.75 bits per heavy atom. The standard InChI is InChI=1S/C16H19NO3/c1-2-3-4-6-12-9-10-15(18)16(12)13-7-5-8-14(11-13)17(19)20/h5,7-8,11H,2-4,6,9-10H2,1H3. The number of non-ortho nitro benzene ring substituents is 1. The van der Waals surface area contributed by atoms with E-state index >= 15 is 0 Å². The fraction of sp³-hybridized carbons (Fsp3) is 0.438. The maximum atomic E-state index is 12.1.